The van der Waals surface area contributed by atoms with Gasteiger partial charge in [-0.05, 0) is 43.3 Å². The van der Waals surface area contributed by atoms with Crippen LogP contribution in [0.4, 0.5) is 5.69 Å². The predicted molar refractivity (Wildman–Crippen MR) is 94.6 cm³/mol. The Hall–Kier alpha value is -3.31. The van der Waals surface area contributed by atoms with Crippen LogP contribution in [0.3, 0.4) is 0 Å². The van der Waals surface area contributed by atoms with E-state index in [2.05, 4.69) is 20.3 Å². The number of nitrogens with zero attached hydrogens (tertiary/aromatic N) is 5. The number of carbonyl (C=O) groups is 2. The third-order valence-electron chi connectivity index (χ3n) is 3.67. The molecule has 0 radical (unpaired) electrons. The highest BCUT2D eigenvalue weighted by Gasteiger charge is 2.38. The summed E-state index contributed by atoms with van der Waals surface area (Å²) in [5.74, 6) is -1.21. The number of amides is 2. The largest absolute Gasteiger partial charge is 0.282 e. The molecular weight excluding hydrogens is 372 g/mol. The van der Waals surface area contributed by atoms with Crippen LogP contribution in [0.15, 0.2) is 69.0 Å². The van der Waals surface area contributed by atoms with E-state index in [-0.39, 0.29) is 10.5 Å². The maximum absolute atomic E-state index is 12.5. The molecule has 0 saturated heterocycles. The number of primary sulfonamides is 1. The van der Waals surface area contributed by atoms with Gasteiger partial charge in [0.05, 0.1) is 16.3 Å². The Morgan fingerprint density at radius 2 is 1.78 bits per heavy atom. The summed E-state index contributed by atoms with van der Waals surface area (Å²) < 4.78 is 22.5. The van der Waals surface area contributed by atoms with Crippen molar-refractivity contribution in [2.75, 3.05) is 0 Å². The summed E-state index contributed by atoms with van der Waals surface area (Å²) in [6.45, 7) is 1.56. The van der Waals surface area contributed by atoms with Crippen LogP contribution >= 0.6 is 0 Å². The van der Waals surface area contributed by atoms with Gasteiger partial charge in [0.25, 0.3) is 11.8 Å². The van der Waals surface area contributed by atoms with Crippen LogP contribution in [0.25, 0.3) is 0 Å². The summed E-state index contributed by atoms with van der Waals surface area (Å²) in [5.41, 5.74) is 0.903. The van der Waals surface area contributed by atoms with Crippen molar-refractivity contribution >= 4 is 33.2 Å². The van der Waals surface area contributed by atoms with Crippen molar-refractivity contribution in [3.8, 4) is 0 Å². The first-order valence-corrected chi connectivity index (χ1v) is 9.19. The Kier molecular flexibility index (Phi) is 4.88. The zero-order valence-electron chi connectivity index (χ0n) is 14.1. The van der Waals surface area contributed by atoms with Crippen LogP contribution < -0.4 is 5.14 Å². The van der Waals surface area contributed by atoms with Crippen molar-refractivity contribution in [2.24, 2.45) is 20.5 Å². The van der Waals surface area contributed by atoms with Gasteiger partial charge in [-0.2, -0.15) is 20.3 Å². The monoisotopic (exact) mass is 386 g/mol. The van der Waals surface area contributed by atoms with Gasteiger partial charge in [0, 0.05) is 18.0 Å². The predicted octanol–water partition coefficient (Wildman–Crippen LogP) is 1.24. The topological polar surface area (TPSA) is 148 Å². The molecule has 0 saturated carbocycles. The number of aromatic nitrogens is 1. The number of benzene rings is 1. The summed E-state index contributed by atoms with van der Waals surface area (Å²) in [4.78, 5) is 28.6. The Bertz CT molecular complexity index is 1050. The van der Waals surface area contributed by atoms with Crippen molar-refractivity contribution in [2.45, 2.75) is 17.9 Å². The van der Waals surface area contributed by atoms with Crippen molar-refractivity contribution in [1.29, 1.82) is 0 Å². The van der Waals surface area contributed by atoms with E-state index < -0.39 is 27.9 Å². The van der Waals surface area contributed by atoms with Gasteiger partial charge in [-0.1, -0.05) is 0 Å². The third kappa shape index (κ3) is 3.93. The molecule has 138 valence electrons. The second-order valence-electron chi connectivity index (χ2n) is 5.59. The summed E-state index contributed by atoms with van der Waals surface area (Å²) in [5, 5.41) is 17.6. The summed E-state index contributed by atoms with van der Waals surface area (Å²) in [6, 6.07) is 7.27. The fourth-order valence-corrected chi connectivity index (χ4v) is 2.79. The number of pyridine rings is 1. The van der Waals surface area contributed by atoms with Crippen LogP contribution in [0.5, 0.6) is 0 Å². The summed E-state index contributed by atoms with van der Waals surface area (Å²) in [6.07, 6.45) is 2.87. The van der Waals surface area contributed by atoms with E-state index in [0.29, 0.717) is 11.4 Å². The van der Waals surface area contributed by atoms with Crippen LogP contribution in [0.2, 0.25) is 0 Å². The fraction of sp³-hybridized carbons (Fsp3) is 0.125. The van der Waals surface area contributed by atoms with E-state index in [1.54, 1.807) is 6.92 Å². The Labute approximate surface area is 154 Å². The molecule has 2 heterocycles. The van der Waals surface area contributed by atoms with Gasteiger partial charge in [-0.25, -0.2) is 13.6 Å². The minimum atomic E-state index is -3.81. The SMILES string of the molecule is CC1=NN(C(=O)c2ccncc2)C(=O)[C@H]1N=Nc1ccc(S(N)(=O)=O)cc1. The minimum absolute atomic E-state index is 0.0646. The van der Waals surface area contributed by atoms with Gasteiger partial charge < -0.3 is 0 Å². The van der Waals surface area contributed by atoms with Gasteiger partial charge in [-0.3, -0.25) is 14.6 Å². The summed E-state index contributed by atoms with van der Waals surface area (Å²) in [7, 11) is -3.81. The number of azo groups is 1. The molecule has 1 aromatic carbocycles. The Balaban J connectivity index is 1.77. The molecule has 0 spiro atoms. The fourth-order valence-electron chi connectivity index (χ4n) is 2.28. The zero-order chi connectivity index (χ0) is 19.6. The second-order valence-corrected chi connectivity index (χ2v) is 7.15. The normalized spacial score (nSPS) is 17.4. The van der Waals surface area contributed by atoms with Crippen molar-refractivity contribution in [1.82, 2.24) is 9.99 Å². The van der Waals surface area contributed by atoms with E-state index in [4.69, 9.17) is 5.14 Å². The lowest BCUT2D eigenvalue weighted by Gasteiger charge is -2.10. The number of hydrogen-bond acceptors (Lipinski definition) is 8. The van der Waals surface area contributed by atoms with Gasteiger partial charge in [0.1, 0.15) is 0 Å². The smallest absolute Gasteiger partial charge is 0.269 e. The standard InChI is InChI=1S/C16H14N6O4S/c1-10-14(20-19-12-2-4-13(5-3-12)27(17,25)26)16(24)22(21-10)15(23)11-6-8-18-9-7-11/h2-9,14H,1H3,(H2,17,25,26)/t14-/m0/s1. The van der Waals surface area contributed by atoms with Crippen LogP contribution in [-0.4, -0.2) is 42.0 Å². The third-order valence-corrected chi connectivity index (χ3v) is 4.60. The lowest BCUT2D eigenvalue weighted by atomic mass is 10.2. The molecule has 0 fully saturated rings. The van der Waals surface area contributed by atoms with E-state index in [1.807, 2.05) is 0 Å². The molecular formula is C16H14N6O4S. The quantitative estimate of drug-likeness (QED) is 0.620. The van der Waals surface area contributed by atoms with Crippen LogP contribution in [0, 0.1) is 0 Å². The Morgan fingerprint density at radius 3 is 2.37 bits per heavy atom. The molecule has 0 bridgehead atoms. The highest BCUT2D eigenvalue weighted by atomic mass is 32.2. The lowest BCUT2D eigenvalue weighted by Crippen LogP contribution is -2.34. The van der Waals surface area contributed by atoms with Gasteiger partial charge in [0.2, 0.25) is 10.0 Å². The lowest BCUT2D eigenvalue weighted by molar-refractivity contribution is -0.127. The number of rotatable bonds is 4. The molecule has 0 aliphatic carbocycles. The molecule has 27 heavy (non-hydrogen) atoms. The van der Waals surface area contributed by atoms with Gasteiger partial charge >= 0.3 is 0 Å². The molecule has 1 aliphatic heterocycles. The Morgan fingerprint density at radius 1 is 1.15 bits per heavy atom. The first-order chi connectivity index (χ1) is 12.8. The molecule has 1 aromatic heterocycles. The zero-order valence-corrected chi connectivity index (χ0v) is 14.9. The molecule has 2 aromatic rings. The minimum Gasteiger partial charge on any atom is -0.269 e. The summed E-state index contributed by atoms with van der Waals surface area (Å²) >= 11 is 0. The highest BCUT2D eigenvalue weighted by molar-refractivity contribution is 7.89. The molecule has 2 amide bonds. The number of hydrazone groups is 1. The number of carbonyl (C=O) groups excluding carboxylic acids is 2. The van der Waals surface area contributed by atoms with Crippen molar-refractivity contribution < 1.29 is 18.0 Å². The van der Waals surface area contributed by atoms with Crippen LogP contribution in [-0.2, 0) is 14.8 Å². The second kappa shape index (κ2) is 7.13. The molecule has 10 nitrogen and oxygen atoms in total. The van der Waals surface area contributed by atoms with E-state index in [0.717, 1.165) is 5.01 Å². The van der Waals surface area contributed by atoms with E-state index in [1.165, 1.54) is 48.8 Å². The van der Waals surface area contributed by atoms with Crippen molar-refractivity contribution in [3.05, 3.63) is 54.4 Å². The van der Waals surface area contributed by atoms with E-state index >= 15 is 0 Å². The molecule has 0 unspecified atom stereocenters. The van der Waals surface area contributed by atoms with Crippen molar-refractivity contribution in [3.63, 3.8) is 0 Å². The van der Waals surface area contributed by atoms with Gasteiger partial charge in [-0.15, -0.1) is 0 Å². The van der Waals surface area contributed by atoms with Crippen LogP contribution in [0.1, 0.15) is 17.3 Å². The molecule has 1 atom stereocenters. The molecule has 3 rings (SSSR count). The molecule has 11 heteroatoms. The highest BCUT2D eigenvalue weighted by Crippen LogP contribution is 2.20. The first kappa shape index (κ1) is 18.5. The average molecular weight is 386 g/mol. The number of imide groups is 1. The molecule has 2 N–H and O–H groups in total. The maximum Gasteiger partial charge on any atom is 0.282 e. The number of sulfonamides is 1. The molecule has 1 aliphatic rings. The number of hydrogen-bond donors (Lipinski definition) is 1. The first-order valence-electron chi connectivity index (χ1n) is 7.64. The average Bonchev–Trinajstić information content (AvgIpc) is 2.93. The maximum atomic E-state index is 12.5. The van der Waals surface area contributed by atoms with Gasteiger partial charge in [0.15, 0.2) is 6.04 Å². The van der Waals surface area contributed by atoms with E-state index in [9.17, 15) is 18.0 Å². The number of nitrogens with two attached hydrogens (primary N) is 1.